The first kappa shape index (κ1) is 17.5. The smallest absolute Gasteiger partial charge is 0.212 e. The minimum absolute atomic E-state index is 0.259. The number of hydrogen-bond acceptors (Lipinski definition) is 7. The Labute approximate surface area is 150 Å². The molecule has 0 unspecified atom stereocenters. The second kappa shape index (κ2) is 7.26. The fourth-order valence-corrected chi connectivity index (χ4v) is 2.68. The summed E-state index contributed by atoms with van der Waals surface area (Å²) in [5, 5.41) is 0.574. The van der Waals surface area contributed by atoms with Crippen LogP contribution < -0.4 is 18.9 Å². The Balaban J connectivity index is 2.14. The summed E-state index contributed by atoms with van der Waals surface area (Å²) >= 11 is 0. The second-order valence-electron chi connectivity index (χ2n) is 5.35. The molecule has 0 N–H and O–H groups in total. The van der Waals surface area contributed by atoms with E-state index >= 15 is 0 Å². The first-order valence-corrected chi connectivity index (χ1v) is 7.76. The molecule has 0 amide bonds. The first-order valence-electron chi connectivity index (χ1n) is 7.76. The van der Waals surface area contributed by atoms with Gasteiger partial charge in [-0.3, -0.25) is 4.79 Å². The molecule has 0 spiro atoms. The van der Waals surface area contributed by atoms with Crippen LogP contribution in [0.1, 0.15) is 16.1 Å². The van der Waals surface area contributed by atoms with Gasteiger partial charge in [0.15, 0.2) is 23.0 Å². The summed E-state index contributed by atoms with van der Waals surface area (Å²) in [6, 6.07) is 8.37. The van der Waals surface area contributed by atoms with Crippen LogP contribution in [0.15, 0.2) is 36.7 Å². The SMILES string of the molecule is COc1ccc(C(=O)c2ncnc3cc(OC)c(OC)cc23)cc1OC. The summed E-state index contributed by atoms with van der Waals surface area (Å²) in [6.45, 7) is 0. The number of ether oxygens (including phenoxy) is 4. The zero-order valence-electron chi connectivity index (χ0n) is 14.9. The molecule has 0 aliphatic carbocycles. The van der Waals surface area contributed by atoms with Crippen LogP contribution >= 0.6 is 0 Å². The molecule has 0 bridgehead atoms. The minimum Gasteiger partial charge on any atom is -0.493 e. The van der Waals surface area contributed by atoms with E-state index in [2.05, 4.69) is 9.97 Å². The molecule has 1 aromatic heterocycles. The Bertz CT molecular complexity index is 972. The van der Waals surface area contributed by atoms with Crippen molar-refractivity contribution in [3.8, 4) is 23.0 Å². The van der Waals surface area contributed by atoms with Crippen molar-refractivity contribution < 1.29 is 23.7 Å². The number of carbonyl (C=O) groups is 1. The fourth-order valence-electron chi connectivity index (χ4n) is 2.68. The van der Waals surface area contributed by atoms with E-state index in [4.69, 9.17) is 18.9 Å². The van der Waals surface area contributed by atoms with Crippen LogP contribution in [-0.2, 0) is 0 Å². The van der Waals surface area contributed by atoms with Crippen LogP contribution in [0.2, 0.25) is 0 Å². The van der Waals surface area contributed by atoms with E-state index in [0.717, 1.165) is 0 Å². The lowest BCUT2D eigenvalue weighted by Crippen LogP contribution is -2.07. The third-order valence-corrected chi connectivity index (χ3v) is 4.00. The molecular weight excluding hydrogens is 336 g/mol. The van der Waals surface area contributed by atoms with Gasteiger partial charge < -0.3 is 18.9 Å². The van der Waals surface area contributed by atoms with Crippen molar-refractivity contribution in [3.05, 3.63) is 47.9 Å². The normalized spacial score (nSPS) is 10.5. The van der Waals surface area contributed by atoms with Gasteiger partial charge in [0.25, 0.3) is 0 Å². The molecule has 134 valence electrons. The van der Waals surface area contributed by atoms with Gasteiger partial charge in [0.2, 0.25) is 5.78 Å². The van der Waals surface area contributed by atoms with Crippen LogP contribution in [-0.4, -0.2) is 44.2 Å². The van der Waals surface area contributed by atoms with Crippen molar-refractivity contribution >= 4 is 16.7 Å². The zero-order valence-corrected chi connectivity index (χ0v) is 14.9. The highest BCUT2D eigenvalue weighted by Crippen LogP contribution is 2.33. The molecule has 0 saturated carbocycles. The van der Waals surface area contributed by atoms with Gasteiger partial charge in [0.05, 0.1) is 34.0 Å². The van der Waals surface area contributed by atoms with E-state index < -0.39 is 0 Å². The molecule has 0 aliphatic heterocycles. The van der Waals surface area contributed by atoms with E-state index in [1.807, 2.05) is 0 Å². The van der Waals surface area contributed by atoms with Crippen molar-refractivity contribution in [3.63, 3.8) is 0 Å². The van der Waals surface area contributed by atoms with Crippen molar-refractivity contribution in [2.75, 3.05) is 28.4 Å². The van der Waals surface area contributed by atoms with Gasteiger partial charge in [-0.1, -0.05) is 0 Å². The summed E-state index contributed by atoms with van der Waals surface area (Å²) in [7, 11) is 6.13. The Hall–Kier alpha value is -3.35. The van der Waals surface area contributed by atoms with Crippen LogP contribution in [0.5, 0.6) is 23.0 Å². The Kier molecular flexibility index (Phi) is 4.88. The number of aromatic nitrogens is 2. The lowest BCUT2D eigenvalue weighted by molar-refractivity contribution is 0.103. The Morgan fingerprint density at radius 1 is 0.769 bits per heavy atom. The quantitative estimate of drug-likeness (QED) is 0.630. The van der Waals surface area contributed by atoms with Gasteiger partial charge in [0, 0.05) is 17.0 Å². The standard InChI is InChI=1S/C19H18N2O5/c1-23-14-6-5-11(7-15(14)24-2)19(22)18-12-8-16(25-3)17(26-4)9-13(12)20-10-21-18/h5-10H,1-4H3. The molecule has 0 aliphatic rings. The van der Waals surface area contributed by atoms with E-state index in [9.17, 15) is 4.79 Å². The van der Waals surface area contributed by atoms with Gasteiger partial charge >= 0.3 is 0 Å². The summed E-state index contributed by atoms with van der Waals surface area (Å²) < 4.78 is 21.1. The number of fused-ring (bicyclic) bond motifs is 1. The van der Waals surface area contributed by atoms with Gasteiger partial charge in [-0.2, -0.15) is 0 Å². The van der Waals surface area contributed by atoms with Crippen molar-refractivity contribution in [2.24, 2.45) is 0 Å². The molecule has 0 saturated heterocycles. The first-order chi connectivity index (χ1) is 12.6. The number of carbonyl (C=O) groups excluding carboxylic acids is 1. The zero-order chi connectivity index (χ0) is 18.7. The van der Waals surface area contributed by atoms with Crippen molar-refractivity contribution in [1.29, 1.82) is 0 Å². The molecule has 3 rings (SSSR count). The second-order valence-corrected chi connectivity index (χ2v) is 5.35. The van der Waals surface area contributed by atoms with E-state index in [1.165, 1.54) is 27.7 Å². The van der Waals surface area contributed by atoms with Gasteiger partial charge in [0.1, 0.15) is 12.0 Å². The van der Waals surface area contributed by atoms with E-state index in [0.29, 0.717) is 39.5 Å². The van der Waals surface area contributed by atoms with Gasteiger partial charge in [-0.25, -0.2) is 9.97 Å². The number of rotatable bonds is 6. The highest BCUT2D eigenvalue weighted by molar-refractivity contribution is 6.15. The number of hydrogen-bond donors (Lipinski definition) is 0. The van der Waals surface area contributed by atoms with Crippen LogP contribution in [0.25, 0.3) is 10.9 Å². The molecule has 7 nitrogen and oxygen atoms in total. The van der Waals surface area contributed by atoms with Crippen LogP contribution in [0.3, 0.4) is 0 Å². The fraction of sp³-hybridized carbons (Fsp3) is 0.211. The minimum atomic E-state index is -0.259. The lowest BCUT2D eigenvalue weighted by Gasteiger charge is -2.11. The average molecular weight is 354 g/mol. The Morgan fingerprint density at radius 2 is 1.38 bits per heavy atom. The van der Waals surface area contributed by atoms with Crippen molar-refractivity contribution in [2.45, 2.75) is 0 Å². The molecule has 2 aromatic carbocycles. The molecule has 1 heterocycles. The molecule has 7 heteroatoms. The highest BCUT2D eigenvalue weighted by atomic mass is 16.5. The summed E-state index contributed by atoms with van der Waals surface area (Å²) in [5.41, 5.74) is 1.28. The maximum Gasteiger partial charge on any atom is 0.212 e. The summed E-state index contributed by atoms with van der Waals surface area (Å²) in [5.74, 6) is 1.78. The number of ketones is 1. The Morgan fingerprint density at radius 3 is 2.04 bits per heavy atom. The van der Waals surface area contributed by atoms with Crippen molar-refractivity contribution in [1.82, 2.24) is 9.97 Å². The predicted molar refractivity (Wildman–Crippen MR) is 95.6 cm³/mol. The van der Waals surface area contributed by atoms with Gasteiger partial charge in [-0.15, -0.1) is 0 Å². The van der Waals surface area contributed by atoms with E-state index in [1.54, 1.807) is 37.4 Å². The molecule has 0 radical (unpaired) electrons. The third kappa shape index (κ3) is 2.99. The van der Waals surface area contributed by atoms with E-state index in [-0.39, 0.29) is 11.5 Å². The van der Waals surface area contributed by atoms with Crippen LogP contribution in [0, 0.1) is 0 Å². The molecular formula is C19H18N2O5. The third-order valence-electron chi connectivity index (χ3n) is 4.00. The van der Waals surface area contributed by atoms with Gasteiger partial charge in [-0.05, 0) is 24.3 Å². The number of nitrogens with zero attached hydrogens (tertiary/aromatic N) is 2. The molecule has 0 fully saturated rings. The highest BCUT2D eigenvalue weighted by Gasteiger charge is 2.19. The maximum atomic E-state index is 13.0. The number of methoxy groups -OCH3 is 4. The largest absolute Gasteiger partial charge is 0.493 e. The van der Waals surface area contributed by atoms with Crippen LogP contribution in [0.4, 0.5) is 0 Å². The maximum absolute atomic E-state index is 13.0. The lowest BCUT2D eigenvalue weighted by atomic mass is 10.0. The summed E-state index contributed by atoms with van der Waals surface area (Å²) in [4.78, 5) is 21.4. The average Bonchev–Trinajstić information content (AvgIpc) is 2.70. The molecule has 26 heavy (non-hydrogen) atoms. The summed E-state index contributed by atoms with van der Waals surface area (Å²) in [6.07, 6.45) is 1.35. The monoisotopic (exact) mass is 354 g/mol. The molecule has 0 atom stereocenters. The topological polar surface area (TPSA) is 79.8 Å². The number of benzene rings is 2. The predicted octanol–water partition coefficient (Wildman–Crippen LogP) is 2.90. The molecule has 3 aromatic rings.